The van der Waals surface area contributed by atoms with Gasteiger partial charge in [-0.25, -0.2) is 0 Å². The predicted octanol–water partition coefficient (Wildman–Crippen LogP) is 4.14. The lowest BCUT2D eigenvalue weighted by Crippen LogP contribution is -2.39. The van der Waals surface area contributed by atoms with Crippen molar-refractivity contribution in [2.75, 3.05) is 40.6 Å². The maximum absolute atomic E-state index is 5.88. The normalized spacial score (nSPS) is 19.6. The maximum Gasteiger partial charge on any atom is 0.337 e. The summed E-state index contributed by atoms with van der Waals surface area (Å²) in [4.78, 5) is 0. The highest BCUT2D eigenvalue weighted by Gasteiger charge is 2.34. The molecule has 136 valence electrons. The molecule has 2 rings (SSSR count). The lowest BCUT2D eigenvalue weighted by atomic mass is 10.0. The third-order valence-corrected chi connectivity index (χ3v) is 9.22. The third kappa shape index (κ3) is 6.82. The highest BCUT2D eigenvalue weighted by molar-refractivity contribution is 6.67. The van der Waals surface area contributed by atoms with Gasteiger partial charge in [0, 0.05) is 26.1 Å². The zero-order valence-corrected chi connectivity index (χ0v) is 16.2. The van der Waals surface area contributed by atoms with Gasteiger partial charge in [0.2, 0.25) is 0 Å². The molecule has 0 spiro atoms. The summed E-state index contributed by atoms with van der Waals surface area (Å²) in [5.41, 5.74) is 0. The van der Waals surface area contributed by atoms with Crippen LogP contribution >= 0.6 is 0 Å². The van der Waals surface area contributed by atoms with E-state index in [0.717, 1.165) is 50.4 Å². The van der Waals surface area contributed by atoms with Crippen molar-refractivity contribution in [1.29, 1.82) is 0 Å². The molecule has 2 aliphatic rings. The number of ether oxygens (including phenoxy) is 2. The molecule has 2 saturated heterocycles. The standard InChI is InChI=1S/C18H36O4Si/c1-19-23(20-2,11-7-3-5-9-17-13-21-14-17)12-8-4-6-10-18-15-22-16-18/h17-18H,3-16H2,1-2H3. The topological polar surface area (TPSA) is 36.9 Å². The molecule has 0 aromatic carbocycles. The quantitative estimate of drug-likeness (QED) is 0.351. The van der Waals surface area contributed by atoms with Crippen LogP contribution in [0.3, 0.4) is 0 Å². The Hall–Kier alpha value is 0.0569. The molecule has 0 aromatic heterocycles. The molecule has 0 amide bonds. The van der Waals surface area contributed by atoms with E-state index in [1.165, 1.54) is 51.4 Å². The van der Waals surface area contributed by atoms with Crippen molar-refractivity contribution in [1.82, 2.24) is 0 Å². The van der Waals surface area contributed by atoms with Crippen LogP contribution in [0.2, 0.25) is 12.1 Å². The van der Waals surface area contributed by atoms with E-state index in [9.17, 15) is 0 Å². The number of rotatable bonds is 14. The number of hydrogen-bond donors (Lipinski definition) is 0. The van der Waals surface area contributed by atoms with Crippen LogP contribution in [-0.2, 0) is 18.3 Å². The molecule has 0 aromatic rings. The van der Waals surface area contributed by atoms with Crippen molar-refractivity contribution in [3.63, 3.8) is 0 Å². The molecular weight excluding hydrogens is 308 g/mol. The molecule has 0 bridgehead atoms. The van der Waals surface area contributed by atoms with Crippen molar-refractivity contribution in [2.45, 2.75) is 63.5 Å². The second-order valence-corrected chi connectivity index (χ2v) is 11.0. The van der Waals surface area contributed by atoms with Gasteiger partial charge in [0.1, 0.15) is 0 Å². The Morgan fingerprint density at radius 3 is 1.43 bits per heavy atom. The van der Waals surface area contributed by atoms with Crippen LogP contribution in [0.4, 0.5) is 0 Å². The van der Waals surface area contributed by atoms with Gasteiger partial charge in [0.05, 0.1) is 26.4 Å². The first-order chi connectivity index (χ1) is 11.3. The van der Waals surface area contributed by atoms with E-state index in [1.807, 2.05) is 14.2 Å². The first-order valence-electron chi connectivity index (χ1n) is 9.54. The monoisotopic (exact) mass is 344 g/mol. The lowest BCUT2D eigenvalue weighted by Gasteiger charge is -2.28. The maximum atomic E-state index is 5.88. The average molecular weight is 345 g/mol. The van der Waals surface area contributed by atoms with E-state index >= 15 is 0 Å². The lowest BCUT2D eigenvalue weighted by molar-refractivity contribution is -0.0364. The zero-order valence-electron chi connectivity index (χ0n) is 15.2. The SMILES string of the molecule is CO[Si](CCCCCC1COC1)(CCCCCC1COC1)OC. The van der Waals surface area contributed by atoms with Crippen molar-refractivity contribution >= 4 is 8.56 Å². The van der Waals surface area contributed by atoms with Gasteiger partial charge in [0.15, 0.2) is 0 Å². The van der Waals surface area contributed by atoms with Crippen molar-refractivity contribution < 1.29 is 18.3 Å². The molecule has 2 fully saturated rings. The molecule has 0 aliphatic carbocycles. The van der Waals surface area contributed by atoms with Crippen molar-refractivity contribution in [3.8, 4) is 0 Å². The Morgan fingerprint density at radius 2 is 1.13 bits per heavy atom. The highest BCUT2D eigenvalue weighted by atomic mass is 28.4. The predicted molar refractivity (Wildman–Crippen MR) is 94.9 cm³/mol. The summed E-state index contributed by atoms with van der Waals surface area (Å²) < 4.78 is 22.2. The van der Waals surface area contributed by atoms with E-state index in [1.54, 1.807) is 0 Å². The average Bonchev–Trinajstić information content (AvgIpc) is 2.48. The Bertz CT molecular complexity index is 275. The molecule has 23 heavy (non-hydrogen) atoms. The van der Waals surface area contributed by atoms with Crippen LogP contribution in [0.1, 0.15) is 51.4 Å². The van der Waals surface area contributed by atoms with E-state index in [2.05, 4.69) is 0 Å². The fourth-order valence-corrected chi connectivity index (χ4v) is 6.34. The molecule has 0 radical (unpaired) electrons. The first kappa shape index (κ1) is 19.4. The Kier molecular flexibility index (Phi) is 9.12. The van der Waals surface area contributed by atoms with Gasteiger partial charge < -0.3 is 18.3 Å². The Balaban J connectivity index is 1.51. The van der Waals surface area contributed by atoms with Gasteiger partial charge in [0.25, 0.3) is 0 Å². The highest BCUT2D eigenvalue weighted by Crippen LogP contribution is 2.26. The largest absolute Gasteiger partial charge is 0.398 e. The van der Waals surface area contributed by atoms with Crippen molar-refractivity contribution in [2.24, 2.45) is 11.8 Å². The summed E-state index contributed by atoms with van der Waals surface area (Å²) in [6, 6.07) is 2.30. The summed E-state index contributed by atoms with van der Waals surface area (Å²) in [7, 11) is 1.77. The molecule has 4 nitrogen and oxygen atoms in total. The molecule has 0 N–H and O–H groups in total. The Morgan fingerprint density at radius 1 is 0.696 bits per heavy atom. The van der Waals surface area contributed by atoms with Crippen LogP contribution in [-0.4, -0.2) is 49.2 Å². The summed E-state index contributed by atoms with van der Waals surface area (Å²) in [6.07, 6.45) is 10.4. The minimum absolute atomic E-state index is 0.836. The van der Waals surface area contributed by atoms with E-state index in [0.29, 0.717) is 0 Å². The smallest absolute Gasteiger partial charge is 0.337 e. The molecule has 2 aliphatic heterocycles. The van der Waals surface area contributed by atoms with Gasteiger partial charge in [-0.2, -0.15) is 0 Å². The second-order valence-electron chi connectivity index (χ2n) is 7.32. The summed E-state index contributed by atoms with van der Waals surface area (Å²) in [6.45, 7) is 3.95. The number of unbranched alkanes of at least 4 members (excludes halogenated alkanes) is 4. The Labute approximate surface area is 143 Å². The molecule has 5 heteroatoms. The second kappa shape index (κ2) is 10.8. The van der Waals surface area contributed by atoms with E-state index in [4.69, 9.17) is 18.3 Å². The van der Waals surface area contributed by atoms with Crippen LogP contribution in [0, 0.1) is 11.8 Å². The molecule has 0 saturated carbocycles. The van der Waals surface area contributed by atoms with Crippen LogP contribution in [0.25, 0.3) is 0 Å². The molecular formula is C18H36O4Si. The van der Waals surface area contributed by atoms with Crippen LogP contribution in [0.15, 0.2) is 0 Å². The van der Waals surface area contributed by atoms with Gasteiger partial charge in [-0.1, -0.05) is 38.5 Å². The van der Waals surface area contributed by atoms with E-state index in [-0.39, 0.29) is 0 Å². The summed E-state index contributed by atoms with van der Waals surface area (Å²) >= 11 is 0. The summed E-state index contributed by atoms with van der Waals surface area (Å²) in [5.74, 6) is 1.67. The number of hydrogen-bond acceptors (Lipinski definition) is 4. The fraction of sp³-hybridized carbons (Fsp3) is 1.00. The van der Waals surface area contributed by atoms with E-state index < -0.39 is 8.56 Å². The molecule has 2 heterocycles. The zero-order chi connectivity index (χ0) is 16.4. The van der Waals surface area contributed by atoms with Gasteiger partial charge in [-0.15, -0.1) is 0 Å². The van der Waals surface area contributed by atoms with Crippen LogP contribution in [0.5, 0.6) is 0 Å². The fourth-order valence-electron chi connectivity index (χ4n) is 3.53. The van der Waals surface area contributed by atoms with Gasteiger partial charge in [-0.3, -0.25) is 0 Å². The molecule has 0 unspecified atom stereocenters. The van der Waals surface area contributed by atoms with Gasteiger partial charge in [-0.05, 0) is 24.9 Å². The van der Waals surface area contributed by atoms with Crippen molar-refractivity contribution in [3.05, 3.63) is 0 Å². The third-order valence-electron chi connectivity index (χ3n) is 5.50. The minimum atomic E-state index is -1.94. The van der Waals surface area contributed by atoms with Crippen LogP contribution < -0.4 is 0 Å². The first-order valence-corrected chi connectivity index (χ1v) is 11.8. The minimum Gasteiger partial charge on any atom is -0.398 e. The van der Waals surface area contributed by atoms with Gasteiger partial charge >= 0.3 is 8.56 Å². The molecule has 0 atom stereocenters. The summed E-state index contributed by atoms with van der Waals surface area (Å²) in [5, 5.41) is 0.